The highest BCUT2D eigenvalue weighted by atomic mass is 35.5. The van der Waals surface area contributed by atoms with E-state index in [1.165, 1.54) is 18.5 Å². The van der Waals surface area contributed by atoms with Crippen molar-refractivity contribution in [3.8, 4) is 11.3 Å². The first-order chi connectivity index (χ1) is 12.1. The Bertz CT molecular complexity index is 884. The van der Waals surface area contributed by atoms with Crippen LogP contribution in [0.2, 0.25) is 5.02 Å². The van der Waals surface area contributed by atoms with Crippen LogP contribution >= 0.6 is 11.6 Å². The normalized spacial score (nSPS) is 10.5. The SMILES string of the molecule is O=C(Cc1ccccc1Cl)NCc1cc(-c2ccc(F)cc2)ncn1. The number of benzene rings is 2. The van der Waals surface area contributed by atoms with E-state index in [1.54, 1.807) is 24.3 Å². The molecular formula is C19H15ClFN3O. The largest absolute Gasteiger partial charge is 0.350 e. The summed E-state index contributed by atoms with van der Waals surface area (Å²) in [4.78, 5) is 20.4. The summed E-state index contributed by atoms with van der Waals surface area (Å²) >= 11 is 6.06. The van der Waals surface area contributed by atoms with Gasteiger partial charge in [-0.25, -0.2) is 14.4 Å². The van der Waals surface area contributed by atoms with E-state index in [2.05, 4.69) is 15.3 Å². The Balaban J connectivity index is 1.63. The lowest BCUT2D eigenvalue weighted by molar-refractivity contribution is -0.120. The third kappa shape index (κ3) is 4.61. The summed E-state index contributed by atoms with van der Waals surface area (Å²) in [7, 11) is 0. The summed E-state index contributed by atoms with van der Waals surface area (Å²) in [6.07, 6.45) is 1.63. The van der Waals surface area contributed by atoms with Crippen molar-refractivity contribution in [2.24, 2.45) is 0 Å². The van der Waals surface area contributed by atoms with Crippen molar-refractivity contribution in [3.05, 3.63) is 83.0 Å². The van der Waals surface area contributed by atoms with Crippen molar-refractivity contribution < 1.29 is 9.18 Å². The molecular weight excluding hydrogens is 341 g/mol. The van der Waals surface area contributed by atoms with Gasteiger partial charge in [-0.3, -0.25) is 4.79 Å². The van der Waals surface area contributed by atoms with Gasteiger partial charge in [-0.1, -0.05) is 29.8 Å². The third-order valence-corrected chi connectivity index (χ3v) is 4.01. The molecule has 6 heteroatoms. The molecule has 0 saturated carbocycles. The summed E-state index contributed by atoms with van der Waals surface area (Å²) in [6, 6.07) is 15.1. The molecule has 4 nitrogen and oxygen atoms in total. The van der Waals surface area contributed by atoms with E-state index in [9.17, 15) is 9.18 Å². The molecule has 1 N–H and O–H groups in total. The number of carbonyl (C=O) groups excluding carboxylic acids is 1. The predicted octanol–water partition coefficient (Wildman–Crippen LogP) is 3.80. The third-order valence-electron chi connectivity index (χ3n) is 3.64. The van der Waals surface area contributed by atoms with Gasteiger partial charge in [0, 0.05) is 10.6 Å². The van der Waals surface area contributed by atoms with Crippen LogP contribution in [-0.4, -0.2) is 15.9 Å². The molecule has 3 aromatic rings. The van der Waals surface area contributed by atoms with E-state index >= 15 is 0 Å². The number of hydrogen-bond donors (Lipinski definition) is 1. The van der Waals surface area contributed by atoms with Crippen molar-refractivity contribution in [3.63, 3.8) is 0 Å². The van der Waals surface area contributed by atoms with Gasteiger partial charge in [0.05, 0.1) is 24.4 Å². The molecule has 1 amide bonds. The minimum atomic E-state index is -0.301. The lowest BCUT2D eigenvalue weighted by Gasteiger charge is -2.07. The maximum atomic E-state index is 13.0. The molecule has 0 fully saturated rings. The van der Waals surface area contributed by atoms with Gasteiger partial charge in [0.25, 0.3) is 0 Å². The molecule has 0 aliphatic heterocycles. The Morgan fingerprint density at radius 2 is 1.84 bits per heavy atom. The molecule has 0 atom stereocenters. The first-order valence-electron chi connectivity index (χ1n) is 7.69. The number of nitrogens with zero attached hydrogens (tertiary/aromatic N) is 2. The Hall–Kier alpha value is -2.79. The fourth-order valence-electron chi connectivity index (χ4n) is 2.34. The van der Waals surface area contributed by atoms with Gasteiger partial charge in [-0.15, -0.1) is 0 Å². The maximum absolute atomic E-state index is 13.0. The molecule has 0 aliphatic carbocycles. The standard InChI is InChI=1S/C19H15ClFN3O/c20-17-4-2-1-3-14(17)9-19(25)22-11-16-10-18(24-12-23-16)13-5-7-15(21)8-6-13/h1-8,10,12H,9,11H2,(H,22,25). The highest BCUT2D eigenvalue weighted by molar-refractivity contribution is 6.31. The minimum Gasteiger partial charge on any atom is -0.350 e. The molecule has 0 unspecified atom stereocenters. The molecule has 0 aliphatic rings. The van der Waals surface area contributed by atoms with Crippen molar-refractivity contribution in [1.29, 1.82) is 0 Å². The summed E-state index contributed by atoms with van der Waals surface area (Å²) in [5.74, 6) is -0.445. The number of amides is 1. The summed E-state index contributed by atoms with van der Waals surface area (Å²) in [5, 5.41) is 3.38. The van der Waals surface area contributed by atoms with Gasteiger partial charge in [-0.2, -0.15) is 0 Å². The van der Waals surface area contributed by atoms with Crippen LogP contribution in [0.4, 0.5) is 4.39 Å². The summed E-state index contributed by atoms with van der Waals surface area (Å²) in [5.41, 5.74) is 2.90. The molecule has 0 bridgehead atoms. The van der Waals surface area contributed by atoms with Gasteiger partial charge in [0.15, 0.2) is 0 Å². The number of aromatic nitrogens is 2. The van der Waals surface area contributed by atoms with E-state index in [-0.39, 0.29) is 24.7 Å². The molecule has 0 radical (unpaired) electrons. The predicted molar refractivity (Wildman–Crippen MR) is 94.4 cm³/mol. The lowest BCUT2D eigenvalue weighted by atomic mass is 10.1. The fourth-order valence-corrected chi connectivity index (χ4v) is 2.54. The molecule has 1 heterocycles. The first kappa shape index (κ1) is 17.0. The average molecular weight is 356 g/mol. The number of carbonyl (C=O) groups is 1. The quantitative estimate of drug-likeness (QED) is 0.757. The highest BCUT2D eigenvalue weighted by Crippen LogP contribution is 2.18. The van der Waals surface area contributed by atoms with Crippen LogP contribution in [0, 0.1) is 5.82 Å². The van der Waals surface area contributed by atoms with Crippen molar-refractivity contribution in [2.75, 3.05) is 0 Å². The molecule has 126 valence electrons. The van der Waals surface area contributed by atoms with Crippen molar-refractivity contribution in [2.45, 2.75) is 13.0 Å². The smallest absolute Gasteiger partial charge is 0.224 e. The fraction of sp³-hybridized carbons (Fsp3) is 0.105. The average Bonchev–Trinajstić information content (AvgIpc) is 2.63. The van der Waals surface area contributed by atoms with Gasteiger partial charge in [0.1, 0.15) is 12.1 Å². The number of rotatable bonds is 5. The van der Waals surface area contributed by atoms with Crippen LogP contribution in [0.3, 0.4) is 0 Å². The Morgan fingerprint density at radius 1 is 1.08 bits per heavy atom. The second-order valence-corrected chi connectivity index (χ2v) is 5.85. The van der Waals surface area contributed by atoms with Crippen LogP contribution in [0.1, 0.15) is 11.3 Å². The Kier molecular flexibility index (Phi) is 5.36. The Labute approximate surface area is 149 Å². The molecule has 0 spiro atoms. The van der Waals surface area contributed by atoms with E-state index in [0.29, 0.717) is 16.4 Å². The van der Waals surface area contributed by atoms with Crippen molar-refractivity contribution in [1.82, 2.24) is 15.3 Å². The maximum Gasteiger partial charge on any atom is 0.224 e. The number of nitrogens with one attached hydrogen (secondary N) is 1. The second kappa shape index (κ2) is 7.85. The number of hydrogen-bond acceptors (Lipinski definition) is 3. The van der Waals surface area contributed by atoms with E-state index in [1.807, 2.05) is 18.2 Å². The van der Waals surface area contributed by atoms with Crippen LogP contribution in [0.25, 0.3) is 11.3 Å². The van der Waals surface area contributed by atoms with Crippen LogP contribution < -0.4 is 5.32 Å². The zero-order valence-corrected chi connectivity index (χ0v) is 14.0. The van der Waals surface area contributed by atoms with Gasteiger partial charge in [0.2, 0.25) is 5.91 Å². The van der Waals surface area contributed by atoms with Crippen LogP contribution in [0.15, 0.2) is 60.9 Å². The monoisotopic (exact) mass is 355 g/mol. The highest BCUT2D eigenvalue weighted by Gasteiger charge is 2.08. The molecule has 1 aromatic heterocycles. The molecule has 2 aromatic carbocycles. The Morgan fingerprint density at radius 3 is 2.60 bits per heavy atom. The van der Waals surface area contributed by atoms with Crippen LogP contribution in [-0.2, 0) is 17.8 Å². The molecule has 0 saturated heterocycles. The topological polar surface area (TPSA) is 54.9 Å². The first-order valence-corrected chi connectivity index (χ1v) is 8.06. The van der Waals surface area contributed by atoms with E-state index in [0.717, 1.165) is 11.1 Å². The molecule has 3 rings (SSSR count). The zero-order valence-electron chi connectivity index (χ0n) is 13.2. The van der Waals surface area contributed by atoms with E-state index in [4.69, 9.17) is 11.6 Å². The van der Waals surface area contributed by atoms with Gasteiger partial charge in [-0.05, 0) is 42.0 Å². The zero-order chi connectivity index (χ0) is 17.6. The van der Waals surface area contributed by atoms with Gasteiger partial charge < -0.3 is 5.32 Å². The lowest BCUT2D eigenvalue weighted by Crippen LogP contribution is -2.25. The number of halogens is 2. The summed E-state index contributed by atoms with van der Waals surface area (Å²) < 4.78 is 13.0. The van der Waals surface area contributed by atoms with Gasteiger partial charge >= 0.3 is 0 Å². The molecule has 25 heavy (non-hydrogen) atoms. The second-order valence-electron chi connectivity index (χ2n) is 5.45. The van der Waals surface area contributed by atoms with Crippen LogP contribution in [0.5, 0.6) is 0 Å². The van der Waals surface area contributed by atoms with E-state index < -0.39 is 0 Å². The van der Waals surface area contributed by atoms with Crippen molar-refractivity contribution >= 4 is 17.5 Å². The summed E-state index contributed by atoms with van der Waals surface area (Å²) in [6.45, 7) is 0.278. The minimum absolute atomic E-state index is 0.143.